The summed E-state index contributed by atoms with van der Waals surface area (Å²) in [6, 6.07) is 0. The van der Waals surface area contributed by atoms with Gasteiger partial charge >= 0.3 is 0 Å². The van der Waals surface area contributed by atoms with Crippen molar-refractivity contribution in [3.05, 3.63) is 18.2 Å². The number of aromatic nitrogens is 2. The SMILES string of the molecule is Cc1nccn1CCN1CC(O)C(O)C1. The Morgan fingerprint density at radius 1 is 1.33 bits per heavy atom. The van der Waals surface area contributed by atoms with Crippen molar-refractivity contribution in [1.82, 2.24) is 14.5 Å². The highest BCUT2D eigenvalue weighted by Crippen LogP contribution is 2.09. The molecule has 0 aliphatic carbocycles. The highest BCUT2D eigenvalue weighted by atomic mass is 16.3. The Morgan fingerprint density at radius 3 is 2.53 bits per heavy atom. The summed E-state index contributed by atoms with van der Waals surface area (Å²) in [6.07, 6.45) is 2.55. The highest BCUT2D eigenvalue weighted by Gasteiger charge is 2.28. The smallest absolute Gasteiger partial charge is 0.105 e. The Labute approximate surface area is 89.0 Å². The quantitative estimate of drug-likeness (QED) is 0.689. The molecule has 0 bridgehead atoms. The first kappa shape index (κ1) is 10.6. The number of aliphatic hydroxyl groups is 2. The van der Waals surface area contributed by atoms with Gasteiger partial charge in [-0.2, -0.15) is 0 Å². The molecule has 2 N–H and O–H groups in total. The minimum Gasteiger partial charge on any atom is -0.389 e. The summed E-state index contributed by atoms with van der Waals surface area (Å²) in [5.74, 6) is 0.996. The summed E-state index contributed by atoms with van der Waals surface area (Å²) in [6.45, 7) is 4.79. The summed E-state index contributed by atoms with van der Waals surface area (Å²) >= 11 is 0. The summed E-state index contributed by atoms with van der Waals surface area (Å²) < 4.78 is 2.07. The average Bonchev–Trinajstić information content (AvgIpc) is 2.72. The topological polar surface area (TPSA) is 61.5 Å². The van der Waals surface area contributed by atoms with Crippen molar-refractivity contribution < 1.29 is 10.2 Å². The van der Waals surface area contributed by atoms with Gasteiger partial charge in [0.2, 0.25) is 0 Å². The number of hydrogen-bond donors (Lipinski definition) is 2. The molecule has 0 spiro atoms. The van der Waals surface area contributed by atoms with Crippen LogP contribution in [-0.2, 0) is 6.54 Å². The fourth-order valence-corrected chi connectivity index (χ4v) is 1.92. The van der Waals surface area contributed by atoms with Crippen LogP contribution in [0.4, 0.5) is 0 Å². The molecule has 2 unspecified atom stereocenters. The first-order valence-corrected chi connectivity index (χ1v) is 5.23. The van der Waals surface area contributed by atoms with Crippen LogP contribution in [0.1, 0.15) is 5.82 Å². The zero-order valence-corrected chi connectivity index (χ0v) is 8.87. The number of nitrogens with zero attached hydrogens (tertiary/aromatic N) is 3. The molecule has 5 nitrogen and oxygen atoms in total. The van der Waals surface area contributed by atoms with Gasteiger partial charge in [0.1, 0.15) is 5.82 Å². The molecule has 0 aromatic carbocycles. The third-order valence-corrected chi connectivity index (χ3v) is 2.92. The number of aryl methyl sites for hydroxylation is 1. The van der Waals surface area contributed by atoms with Gasteiger partial charge in [0.25, 0.3) is 0 Å². The minimum absolute atomic E-state index is 0.564. The maximum Gasteiger partial charge on any atom is 0.105 e. The molecule has 2 atom stereocenters. The Hall–Kier alpha value is -0.910. The normalized spacial score (nSPS) is 27.4. The van der Waals surface area contributed by atoms with Gasteiger partial charge in [-0.25, -0.2) is 4.98 Å². The van der Waals surface area contributed by atoms with Gasteiger partial charge < -0.3 is 14.8 Å². The zero-order chi connectivity index (χ0) is 10.8. The van der Waals surface area contributed by atoms with Crippen molar-refractivity contribution in [2.24, 2.45) is 0 Å². The van der Waals surface area contributed by atoms with Gasteiger partial charge in [0.15, 0.2) is 0 Å². The molecular formula is C10H17N3O2. The van der Waals surface area contributed by atoms with Gasteiger partial charge in [-0.1, -0.05) is 0 Å². The Kier molecular flexibility index (Phi) is 3.04. The van der Waals surface area contributed by atoms with Crippen LogP contribution in [0.15, 0.2) is 12.4 Å². The van der Waals surface area contributed by atoms with Gasteiger partial charge in [-0.05, 0) is 6.92 Å². The summed E-state index contributed by atoms with van der Waals surface area (Å²) in [7, 11) is 0. The maximum atomic E-state index is 9.37. The lowest BCUT2D eigenvalue weighted by Crippen LogP contribution is -2.26. The van der Waals surface area contributed by atoms with Crippen LogP contribution in [0.3, 0.4) is 0 Å². The maximum absolute atomic E-state index is 9.37. The highest BCUT2D eigenvalue weighted by molar-refractivity contribution is 4.89. The molecule has 0 amide bonds. The van der Waals surface area contributed by atoms with Crippen LogP contribution >= 0.6 is 0 Å². The van der Waals surface area contributed by atoms with Crippen molar-refractivity contribution in [1.29, 1.82) is 0 Å². The molecule has 1 saturated heterocycles. The molecule has 1 aromatic rings. The predicted molar refractivity (Wildman–Crippen MR) is 55.4 cm³/mol. The van der Waals surface area contributed by atoms with Crippen LogP contribution in [0.25, 0.3) is 0 Å². The Bertz CT molecular complexity index is 316. The number of likely N-dealkylation sites (tertiary alicyclic amines) is 1. The molecule has 5 heteroatoms. The van der Waals surface area contributed by atoms with E-state index < -0.39 is 12.2 Å². The van der Waals surface area contributed by atoms with E-state index in [1.54, 1.807) is 6.20 Å². The number of hydrogen-bond acceptors (Lipinski definition) is 4. The molecule has 1 fully saturated rings. The van der Waals surface area contributed by atoms with Crippen molar-refractivity contribution in [3.8, 4) is 0 Å². The molecule has 15 heavy (non-hydrogen) atoms. The number of imidazole rings is 1. The van der Waals surface area contributed by atoms with E-state index in [0.717, 1.165) is 18.9 Å². The van der Waals surface area contributed by atoms with E-state index >= 15 is 0 Å². The number of β-amino-alcohol motifs (C(OH)–C–C–N with tert-alkyl or cyclic N) is 2. The van der Waals surface area contributed by atoms with E-state index in [0.29, 0.717) is 13.1 Å². The summed E-state index contributed by atoms with van der Waals surface area (Å²) in [5, 5.41) is 18.7. The second kappa shape index (κ2) is 4.30. The third kappa shape index (κ3) is 2.37. The lowest BCUT2D eigenvalue weighted by molar-refractivity contribution is 0.0572. The first-order valence-electron chi connectivity index (χ1n) is 5.23. The molecule has 0 radical (unpaired) electrons. The van der Waals surface area contributed by atoms with Gasteiger partial charge in [-0.15, -0.1) is 0 Å². The first-order chi connectivity index (χ1) is 7.16. The second-order valence-corrected chi connectivity index (χ2v) is 4.06. The number of rotatable bonds is 3. The molecule has 1 aromatic heterocycles. The number of aliphatic hydroxyl groups excluding tert-OH is 2. The van der Waals surface area contributed by atoms with Crippen molar-refractivity contribution in [2.45, 2.75) is 25.7 Å². The summed E-state index contributed by atoms with van der Waals surface area (Å²) in [5.41, 5.74) is 0. The van der Waals surface area contributed by atoms with Crippen LogP contribution in [0.5, 0.6) is 0 Å². The van der Waals surface area contributed by atoms with Crippen LogP contribution in [-0.4, -0.2) is 56.5 Å². The molecule has 1 aliphatic heterocycles. The fraction of sp³-hybridized carbons (Fsp3) is 0.700. The van der Waals surface area contributed by atoms with E-state index in [1.165, 1.54) is 0 Å². The average molecular weight is 211 g/mol. The van der Waals surface area contributed by atoms with Gasteiger partial charge in [-0.3, -0.25) is 4.90 Å². The molecular weight excluding hydrogens is 194 g/mol. The van der Waals surface area contributed by atoms with E-state index in [2.05, 4.69) is 14.5 Å². The lowest BCUT2D eigenvalue weighted by atomic mass is 10.3. The van der Waals surface area contributed by atoms with Crippen LogP contribution < -0.4 is 0 Å². The third-order valence-electron chi connectivity index (χ3n) is 2.92. The minimum atomic E-state index is -0.589. The van der Waals surface area contributed by atoms with Crippen molar-refractivity contribution in [2.75, 3.05) is 19.6 Å². The molecule has 2 rings (SSSR count). The van der Waals surface area contributed by atoms with E-state index in [-0.39, 0.29) is 0 Å². The van der Waals surface area contributed by atoms with Crippen molar-refractivity contribution in [3.63, 3.8) is 0 Å². The zero-order valence-electron chi connectivity index (χ0n) is 8.87. The van der Waals surface area contributed by atoms with Gasteiger partial charge in [0.05, 0.1) is 12.2 Å². The molecule has 84 valence electrons. The molecule has 2 heterocycles. The lowest BCUT2D eigenvalue weighted by Gasteiger charge is -2.15. The Morgan fingerprint density at radius 2 is 2.00 bits per heavy atom. The van der Waals surface area contributed by atoms with E-state index in [9.17, 15) is 10.2 Å². The van der Waals surface area contributed by atoms with Gasteiger partial charge in [0, 0.05) is 38.6 Å². The second-order valence-electron chi connectivity index (χ2n) is 4.06. The van der Waals surface area contributed by atoms with Crippen molar-refractivity contribution >= 4 is 0 Å². The van der Waals surface area contributed by atoms with E-state index in [1.807, 2.05) is 13.1 Å². The standard InChI is InChI=1S/C10H17N3O2/c1-8-11-2-3-13(8)5-4-12-6-9(14)10(15)7-12/h2-3,9-10,14-15H,4-7H2,1H3. The molecule has 1 aliphatic rings. The largest absolute Gasteiger partial charge is 0.389 e. The predicted octanol–water partition coefficient (Wildman–Crippen LogP) is -0.771. The molecule has 0 saturated carbocycles. The monoisotopic (exact) mass is 211 g/mol. The summed E-state index contributed by atoms with van der Waals surface area (Å²) in [4.78, 5) is 6.20. The van der Waals surface area contributed by atoms with Crippen LogP contribution in [0.2, 0.25) is 0 Å². The fourth-order valence-electron chi connectivity index (χ4n) is 1.92. The van der Waals surface area contributed by atoms with Crippen LogP contribution in [0, 0.1) is 6.92 Å². The van der Waals surface area contributed by atoms with E-state index in [4.69, 9.17) is 0 Å². The Balaban J connectivity index is 1.82.